The summed E-state index contributed by atoms with van der Waals surface area (Å²) in [6, 6.07) is 7.08. The predicted molar refractivity (Wildman–Crippen MR) is 98.4 cm³/mol. The zero-order chi connectivity index (χ0) is 17.1. The third-order valence-electron chi connectivity index (χ3n) is 3.88. The summed E-state index contributed by atoms with van der Waals surface area (Å²) in [6.45, 7) is 1.62. The minimum atomic E-state index is -0.0719. The van der Waals surface area contributed by atoms with Gasteiger partial charge in [0.05, 0.1) is 11.8 Å². The lowest BCUT2D eigenvalue weighted by atomic mass is 10.2. The molecule has 25 heavy (non-hydrogen) atoms. The highest BCUT2D eigenvalue weighted by molar-refractivity contribution is 8.00. The molecule has 0 aliphatic carbocycles. The monoisotopic (exact) mass is 375 g/mol. The number of aromatic nitrogens is 4. The van der Waals surface area contributed by atoms with Crippen LogP contribution in [0.4, 0.5) is 5.13 Å². The highest BCUT2D eigenvalue weighted by atomic mass is 32.2. The van der Waals surface area contributed by atoms with Crippen LogP contribution in [0.5, 0.6) is 0 Å². The molecule has 0 radical (unpaired) electrons. The van der Waals surface area contributed by atoms with Gasteiger partial charge in [-0.25, -0.2) is 4.98 Å². The van der Waals surface area contributed by atoms with Gasteiger partial charge in [0.1, 0.15) is 5.65 Å². The fourth-order valence-electron chi connectivity index (χ4n) is 2.66. The number of anilines is 1. The zero-order valence-electron chi connectivity index (χ0n) is 13.4. The number of hydrogen-bond acceptors (Lipinski definition) is 8. The molecular formula is C16H17N5O2S2. The molecule has 1 fully saturated rings. The molecule has 0 bridgehead atoms. The summed E-state index contributed by atoms with van der Waals surface area (Å²) in [5.41, 5.74) is 1.32. The van der Waals surface area contributed by atoms with Crippen molar-refractivity contribution in [3.05, 3.63) is 46.5 Å². The van der Waals surface area contributed by atoms with E-state index >= 15 is 0 Å². The van der Waals surface area contributed by atoms with Crippen molar-refractivity contribution < 1.29 is 4.74 Å². The van der Waals surface area contributed by atoms with Crippen molar-refractivity contribution >= 4 is 33.9 Å². The highest BCUT2D eigenvalue weighted by Crippen LogP contribution is 2.28. The van der Waals surface area contributed by atoms with Gasteiger partial charge in [0.25, 0.3) is 5.56 Å². The number of thioether (sulfide) groups is 1. The van der Waals surface area contributed by atoms with E-state index in [0.29, 0.717) is 11.4 Å². The van der Waals surface area contributed by atoms with Crippen LogP contribution in [-0.4, -0.2) is 38.8 Å². The van der Waals surface area contributed by atoms with Crippen LogP contribution in [0, 0.1) is 0 Å². The maximum atomic E-state index is 12.1. The van der Waals surface area contributed by atoms with Crippen LogP contribution < -0.4 is 10.9 Å². The summed E-state index contributed by atoms with van der Waals surface area (Å²) in [5.74, 6) is 0.584. The number of ether oxygens (including phenoxy) is 1. The number of hydrogen-bond donors (Lipinski definition) is 1. The summed E-state index contributed by atoms with van der Waals surface area (Å²) in [7, 11) is 0. The molecule has 4 heterocycles. The minimum Gasteiger partial charge on any atom is -0.376 e. The maximum absolute atomic E-state index is 12.1. The number of nitrogens with one attached hydrogen (secondary N) is 1. The minimum absolute atomic E-state index is 0.0719. The van der Waals surface area contributed by atoms with Crippen LogP contribution in [0.2, 0.25) is 0 Å². The van der Waals surface area contributed by atoms with Crippen LogP contribution in [0.15, 0.2) is 39.6 Å². The first-order valence-electron chi connectivity index (χ1n) is 8.07. The Labute approximate surface area is 152 Å². The second-order valence-electron chi connectivity index (χ2n) is 5.69. The van der Waals surface area contributed by atoms with Crippen LogP contribution >= 0.6 is 23.1 Å². The highest BCUT2D eigenvalue weighted by Gasteiger charge is 2.16. The molecule has 1 aliphatic rings. The number of fused-ring (bicyclic) bond motifs is 1. The van der Waals surface area contributed by atoms with Gasteiger partial charge in [-0.15, -0.1) is 10.2 Å². The van der Waals surface area contributed by atoms with Crippen LogP contribution in [0.25, 0.3) is 5.65 Å². The van der Waals surface area contributed by atoms with Gasteiger partial charge in [-0.2, -0.15) is 0 Å². The molecule has 130 valence electrons. The third kappa shape index (κ3) is 4.00. The summed E-state index contributed by atoms with van der Waals surface area (Å²) < 4.78 is 7.97. The number of rotatable bonds is 6. The molecule has 7 nitrogen and oxygen atoms in total. The molecule has 4 rings (SSSR count). The van der Waals surface area contributed by atoms with Crippen LogP contribution in [0.3, 0.4) is 0 Å². The molecule has 0 spiro atoms. The fraction of sp³-hybridized carbons (Fsp3) is 0.375. The van der Waals surface area contributed by atoms with E-state index in [1.807, 2.05) is 18.2 Å². The zero-order valence-corrected chi connectivity index (χ0v) is 15.1. The van der Waals surface area contributed by atoms with E-state index < -0.39 is 0 Å². The topological polar surface area (TPSA) is 81.4 Å². The van der Waals surface area contributed by atoms with Gasteiger partial charge in [0.15, 0.2) is 4.34 Å². The Morgan fingerprint density at radius 2 is 2.36 bits per heavy atom. The Hall–Kier alpha value is -1.97. The first kappa shape index (κ1) is 16.5. The second kappa shape index (κ2) is 7.51. The van der Waals surface area contributed by atoms with E-state index in [9.17, 15) is 4.79 Å². The molecule has 0 saturated carbocycles. The standard InChI is InChI=1S/C16H17N5O2S2/c22-14-8-11(18-13-5-1-2-6-21(13)14)10-24-16-20-19-15(25-16)17-9-12-4-3-7-23-12/h1-2,5-6,8,12H,3-4,7,9-10H2,(H,17,19)/t12-/m0/s1. The molecule has 0 amide bonds. The van der Waals surface area contributed by atoms with Crippen molar-refractivity contribution in [3.8, 4) is 0 Å². The SMILES string of the molecule is O=c1cc(CSc2nnc(NC[C@@H]3CCCO3)s2)nc2ccccn12. The van der Waals surface area contributed by atoms with Crippen molar-refractivity contribution in [3.63, 3.8) is 0 Å². The molecule has 0 unspecified atom stereocenters. The number of nitrogens with zero attached hydrogens (tertiary/aromatic N) is 4. The van der Waals surface area contributed by atoms with Crippen molar-refractivity contribution in [2.75, 3.05) is 18.5 Å². The van der Waals surface area contributed by atoms with Gasteiger partial charge in [-0.1, -0.05) is 29.2 Å². The van der Waals surface area contributed by atoms with E-state index in [-0.39, 0.29) is 11.7 Å². The lowest BCUT2D eigenvalue weighted by molar-refractivity contribution is 0.120. The Balaban J connectivity index is 1.37. The summed E-state index contributed by atoms with van der Waals surface area (Å²) in [6.07, 6.45) is 4.21. The van der Waals surface area contributed by atoms with Gasteiger partial charge in [0, 0.05) is 31.2 Å². The lowest BCUT2D eigenvalue weighted by Crippen LogP contribution is -2.18. The van der Waals surface area contributed by atoms with Crippen LogP contribution in [-0.2, 0) is 10.5 Å². The van der Waals surface area contributed by atoms with Crippen LogP contribution in [0.1, 0.15) is 18.5 Å². The fourth-order valence-corrected chi connectivity index (χ4v) is 4.31. The number of pyridine rings is 1. The molecule has 0 aromatic carbocycles. The first-order valence-corrected chi connectivity index (χ1v) is 9.87. The predicted octanol–water partition coefficient (Wildman–Crippen LogP) is 2.43. The Morgan fingerprint density at radius 1 is 1.40 bits per heavy atom. The molecule has 1 aliphatic heterocycles. The van der Waals surface area contributed by atoms with Gasteiger partial charge >= 0.3 is 0 Å². The lowest BCUT2D eigenvalue weighted by Gasteiger charge is -2.08. The molecule has 3 aromatic heterocycles. The van der Waals surface area contributed by atoms with E-state index in [0.717, 1.165) is 41.2 Å². The molecule has 1 N–H and O–H groups in total. The molecular weight excluding hydrogens is 358 g/mol. The Morgan fingerprint density at radius 3 is 3.24 bits per heavy atom. The maximum Gasteiger partial charge on any atom is 0.258 e. The van der Waals surface area contributed by atoms with Crippen molar-refractivity contribution in [2.24, 2.45) is 0 Å². The van der Waals surface area contributed by atoms with E-state index in [2.05, 4.69) is 20.5 Å². The third-order valence-corrected chi connectivity index (χ3v) is 5.93. The normalized spacial score (nSPS) is 17.2. The van der Waals surface area contributed by atoms with Crippen molar-refractivity contribution in [1.82, 2.24) is 19.6 Å². The van der Waals surface area contributed by atoms with Crippen molar-refractivity contribution in [1.29, 1.82) is 0 Å². The summed E-state index contributed by atoms with van der Waals surface area (Å²) in [4.78, 5) is 16.6. The second-order valence-corrected chi connectivity index (χ2v) is 7.89. The van der Waals surface area contributed by atoms with Crippen molar-refractivity contribution in [2.45, 2.75) is 29.0 Å². The van der Waals surface area contributed by atoms with Gasteiger partial charge in [-0.3, -0.25) is 9.20 Å². The quantitative estimate of drug-likeness (QED) is 0.663. The molecule has 1 atom stereocenters. The van der Waals surface area contributed by atoms with Gasteiger partial charge < -0.3 is 10.1 Å². The first-order chi connectivity index (χ1) is 12.3. The molecule has 3 aromatic rings. The Bertz CT molecular complexity index is 920. The largest absolute Gasteiger partial charge is 0.376 e. The summed E-state index contributed by atoms with van der Waals surface area (Å²) in [5, 5.41) is 12.4. The van der Waals surface area contributed by atoms with E-state index in [4.69, 9.17) is 4.74 Å². The smallest absolute Gasteiger partial charge is 0.258 e. The van der Waals surface area contributed by atoms with E-state index in [1.54, 1.807) is 12.3 Å². The average Bonchev–Trinajstić information content (AvgIpc) is 3.30. The average molecular weight is 375 g/mol. The van der Waals surface area contributed by atoms with Gasteiger partial charge in [0.2, 0.25) is 5.13 Å². The van der Waals surface area contributed by atoms with E-state index in [1.165, 1.54) is 27.5 Å². The summed E-state index contributed by atoms with van der Waals surface area (Å²) >= 11 is 3.04. The van der Waals surface area contributed by atoms with Gasteiger partial charge in [-0.05, 0) is 25.0 Å². The molecule has 9 heteroatoms. The molecule has 1 saturated heterocycles. The Kier molecular flexibility index (Phi) is 4.95.